The number of nitrogens with two attached hydrogens (primary N) is 1. The maximum absolute atomic E-state index is 5.99. The van der Waals surface area contributed by atoms with E-state index in [-0.39, 0.29) is 0 Å². The molecule has 0 aliphatic carbocycles. The first-order valence-electron chi connectivity index (χ1n) is 6.62. The van der Waals surface area contributed by atoms with Crippen molar-refractivity contribution in [1.29, 1.82) is 0 Å². The lowest BCUT2D eigenvalue weighted by Gasteiger charge is -2.06. The first-order chi connectivity index (χ1) is 10.3. The molecule has 0 radical (unpaired) electrons. The summed E-state index contributed by atoms with van der Waals surface area (Å²) in [5.41, 5.74) is 9.44. The van der Waals surface area contributed by atoms with Crippen molar-refractivity contribution in [3.05, 3.63) is 43.0 Å². The van der Waals surface area contributed by atoms with Crippen LogP contribution in [0.4, 0.5) is 5.82 Å². The van der Waals surface area contributed by atoms with Gasteiger partial charge in [-0.15, -0.1) is 0 Å². The van der Waals surface area contributed by atoms with Gasteiger partial charge in [-0.25, -0.2) is 9.97 Å². The number of hydrogen-bond donors (Lipinski definition) is 2. The third kappa shape index (κ3) is 2.55. The van der Waals surface area contributed by atoms with Crippen LogP contribution in [0.2, 0.25) is 0 Å². The van der Waals surface area contributed by atoms with E-state index in [1.54, 1.807) is 12.4 Å². The third-order valence-electron chi connectivity index (χ3n) is 3.10. The van der Waals surface area contributed by atoms with E-state index < -0.39 is 0 Å². The van der Waals surface area contributed by atoms with Crippen LogP contribution in [0.3, 0.4) is 0 Å². The number of aromatic amines is 1. The molecule has 1 aromatic carbocycles. The van der Waals surface area contributed by atoms with Crippen molar-refractivity contribution < 1.29 is 4.74 Å². The Morgan fingerprint density at radius 3 is 2.48 bits per heavy atom. The van der Waals surface area contributed by atoms with Gasteiger partial charge < -0.3 is 10.5 Å². The summed E-state index contributed by atoms with van der Waals surface area (Å²) in [6.07, 6.45) is 4.93. The predicted octanol–water partition coefficient (Wildman–Crippen LogP) is 2.51. The number of hydrogen-bond acceptors (Lipinski definition) is 5. The summed E-state index contributed by atoms with van der Waals surface area (Å²) in [7, 11) is 0. The van der Waals surface area contributed by atoms with Gasteiger partial charge in [0.25, 0.3) is 0 Å². The minimum absolute atomic E-state index is 0.443. The van der Waals surface area contributed by atoms with Gasteiger partial charge in [0.05, 0.1) is 17.9 Å². The van der Waals surface area contributed by atoms with Crippen LogP contribution in [0.15, 0.2) is 43.0 Å². The van der Waals surface area contributed by atoms with E-state index in [0.717, 1.165) is 28.1 Å². The topological polar surface area (TPSA) is 89.7 Å². The van der Waals surface area contributed by atoms with Crippen LogP contribution in [-0.4, -0.2) is 26.8 Å². The molecule has 0 amide bonds. The highest BCUT2D eigenvalue weighted by molar-refractivity contribution is 5.87. The number of benzene rings is 1. The molecule has 3 rings (SSSR count). The lowest BCUT2D eigenvalue weighted by Crippen LogP contribution is -1.92. The van der Waals surface area contributed by atoms with Crippen LogP contribution in [0.1, 0.15) is 6.92 Å². The van der Waals surface area contributed by atoms with Crippen molar-refractivity contribution in [2.45, 2.75) is 6.92 Å². The lowest BCUT2D eigenvalue weighted by atomic mass is 10.0. The first-order valence-corrected chi connectivity index (χ1v) is 6.62. The van der Waals surface area contributed by atoms with Gasteiger partial charge in [-0.2, -0.15) is 5.10 Å². The van der Waals surface area contributed by atoms with Gasteiger partial charge in [-0.3, -0.25) is 5.10 Å². The molecule has 0 aliphatic heterocycles. The minimum atomic E-state index is 0.443. The van der Waals surface area contributed by atoms with Crippen molar-refractivity contribution in [3.63, 3.8) is 0 Å². The minimum Gasteiger partial charge on any atom is -0.494 e. The van der Waals surface area contributed by atoms with Gasteiger partial charge in [-0.05, 0) is 24.6 Å². The molecule has 0 atom stereocenters. The molecule has 21 heavy (non-hydrogen) atoms. The highest BCUT2D eigenvalue weighted by Crippen LogP contribution is 2.34. The lowest BCUT2D eigenvalue weighted by molar-refractivity contribution is 0.340. The maximum Gasteiger partial charge on any atom is 0.153 e. The van der Waals surface area contributed by atoms with Crippen LogP contribution in [0, 0.1) is 0 Å². The molecule has 0 saturated carbocycles. The van der Waals surface area contributed by atoms with Crippen LogP contribution in [-0.2, 0) is 0 Å². The van der Waals surface area contributed by atoms with Crippen molar-refractivity contribution in [1.82, 2.24) is 20.2 Å². The SMILES string of the molecule is CCOc1ccc(-c2c(N)n[nH]c2-c2cncnc2)cc1. The number of nitrogens with zero attached hydrogens (tertiary/aromatic N) is 3. The predicted molar refractivity (Wildman–Crippen MR) is 80.6 cm³/mol. The second-order valence-corrected chi connectivity index (χ2v) is 4.44. The van der Waals surface area contributed by atoms with E-state index in [1.165, 1.54) is 6.33 Å². The zero-order valence-corrected chi connectivity index (χ0v) is 11.6. The molecule has 0 bridgehead atoms. The summed E-state index contributed by atoms with van der Waals surface area (Å²) in [5, 5.41) is 7.04. The second-order valence-electron chi connectivity index (χ2n) is 4.44. The number of rotatable bonds is 4. The molecule has 2 aromatic heterocycles. The van der Waals surface area contributed by atoms with E-state index in [0.29, 0.717) is 12.4 Å². The van der Waals surface area contributed by atoms with E-state index in [2.05, 4.69) is 20.2 Å². The van der Waals surface area contributed by atoms with E-state index >= 15 is 0 Å². The molecule has 106 valence electrons. The molecular formula is C15H15N5O. The summed E-state index contributed by atoms with van der Waals surface area (Å²) < 4.78 is 5.45. The Morgan fingerprint density at radius 2 is 1.81 bits per heavy atom. The summed E-state index contributed by atoms with van der Waals surface area (Å²) in [6.45, 7) is 2.59. The van der Waals surface area contributed by atoms with Crippen molar-refractivity contribution >= 4 is 5.82 Å². The molecule has 6 heteroatoms. The molecule has 3 aromatic rings. The Morgan fingerprint density at radius 1 is 1.10 bits per heavy atom. The standard InChI is InChI=1S/C15H15N5O/c1-2-21-12-5-3-10(4-6-12)13-14(19-20-15(13)16)11-7-17-9-18-8-11/h3-9H,2H2,1H3,(H3,16,19,20). The number of aromatic nitrogens is 4. The van der Waals surface area contributed by atoms with Crippen LogP contribution in [0.5, 0.6) is 5.75 Å². The van der Waals surface area contributed by atoms with E-state index in [9.17, 15) is 0 Å². The molecule has 0 spiro atoms. The second kappa shape index (κ2) is 5.62. The Bertz CT molecular complexity index is 722. The van der Waals surface area contributed by atoms with Crippen molar-refractivity contribution in [2.75, 3.05) is 12.3 Å². The fraction of sp³-hybridized carbons (Fsp3) is 0.133. The average molecular weight is 281 g/mol. The quantitative estimate of drug-likeness (QED) is 0.767. The zero-order chi connectivity index (χ0) is 14.7. The van der Waals surface area contributed by atoms with Gasteiger partial charge in [0.15, 0.2) is 5.82 Å². The van der Waals surface area contributed by atoms with Gasteiger partial charge in [0, 0.05) is 18.0 Å². The monoisotopic (exact) mass is 281 g/mol. The Hall–Kier alpha value is -2.89. The molecular weight excluding hydrogens is 266 g/mol. The average Bonchev–Trinajstić information content (AvgIpc) is 2.91. The van der Waals surface area contributed by atoms with Gasteiger partial charge >= 0.3 is 0 Å². The van der Waals surface area contributed by atoms with Crippen LogP contribution >= 0.6 is 0 Å². The third-order valence-corrected chi connectivity index (χ3v) is 3.10. The molecule has 0 fully saturated rings. The van der Waals surface area contributed by atoms with Crippen LogP contribution in [0.25, 0.3) is 22.4 Å². The normalized spacial score (nSPS) is 10.5. The maximum atomic E-state index is 5.99. The Balaban J connectivity index is 2.04. The zero-order valence-electron chi connectivity index (χ0n) is 11.6. The van der Waals surface area contributed by atoms with Crippen molar-refractivity contribution in [2.24, 2.45) is 0 Å². The molecule has 6 nitrogen and oxygen atoms in total. The van der Waals surface area contributed by atoms with Crippen molar-refractivity contribution in [3.8, 4) is 28.1 Å². The summed E-state index contributed by atoms with van der Waals surface area (Å²) >= 11 is 0. The number of nitrogens with one attached hydrogen (secondary N) is 1. The molecule has 3 N–H and O–H groups in total. The highest BCUT2D eigenvalue weighted by Gasteiger charge is 2.15. The number of ether oxygens (including phenoxy) is 1. The Kier molecular flexibility index (Phi) is 3.51. The van der Waals surface area contributed by atoms with E-state index in [1.807, 2.05) is 31.2 Å². The molecule has 2 heterocycles. The summed E-state index contributed by atoms with van der Waals surface area (Å²) in [5.74, 6) is 1.27. The van der Waals surface area contributed by atoms with Gasteiger partial charge in [0.1, 0.15) is 12.1 Å². The number of H-pyrrole nitrogens is 1. The summed E-state index contributed by atoms with van der Waals surface area (Å²) in [6, 6.07) is 7.74. The number of anilines is 1. The molecule has 0 aliphatic rings. The largest absolute Gasteiger partial charge is 0.494 e. The van der Waals surface area contributed by atoms with Gasteiger partial charge in [-0.1, -0.05) is 12.1 Å². The van der Waals surface area contributed by atoms with Crippen LogP contribution < -0.4 is 10.5 Å². The Labute approximate surface area is 122 Å². The highest BCUT2D eigenvalue weighted by atomic mass is 16.5. The first kappa shape index (κ1) is 13.1. The smallest absolute Gasteiger partial charge is 0.153 e. The molecule has 0 unspecified atom stereocenters. The van der Waals surface area contributed by atoms with E-state index in [4.69, 9.17) is 10.5 Å². The molecule has 0 saturated heterocycles. The fourth-order valence-corrected chi connectivity index (χ4v) is 2.17. The summed E-state index contributed by atoms with van der Waals surface area (Å²) in [4.78, 5) is 8.05. The van der Waals surface area contributed by atoms with Gasteiger partial charge in [0.2, 0.25) is 0 Å². The number of nitrogen functional groups attached to an aromatic ring is 1. The fourth-order valence-electron chi connectivity index (χ4n) is 2.17.